The van der Waals surface area contributed by atoms with Crippen LogP contribution in [0.4, 0.5) is 5.82 Å². The van der Waals surface area contributed by atoms with Gasteiger partial charge in [-0.1, -0.05) is 18.2 Å². The lowest BCUT2D eigenvalue weighted by molar-refractivity contribution is -0.122. The average molecular weight is 342 g/mol. The molecular weight excluding hydrogens is 320 g/mol. The molecule has 1 saturated heterocycles. The monoisotopic (exact) mass is 342 g/mol. The van der Waals surface area contributed by atoms with Crippen LogP contribution in [-0.2, 0) is 4.79 Å². The lowest BCUT2D eigenvalue weighted by Crippen LogP contribution is -2.49. The second-order valence-corrected chi connectivity index (χ2v) is 6.01. The fraction of sp³-hybridized carbons (Fsp3) is 0.389. The largest absolute Gasteiger partial charge is 0.493 e. The first-order valence-electron chi connectivity index (χ1n) is 8.48. The van der Waals surface area contributed by atoms with Crippen LogP contribution in [-0.4, -0.2) is 41.6 Å². The summed E-state index contributed by atoms with van der Waals surface area (Å²) in [4.78, 5) is 32.7. The van der Waals surface area contributed by atoms with Crippen LogP contribution in [0.25, 0.3) is 0 Å². The van der Waals surface area contributed by atoms with Crippen LogP contribution in [0.2, 0.25) is 0 Å². The second-order valence-electron chi connectivity index (χ2n) is 6.01. The molecule has 132 valence electrons. The SMILES string of the molecule is O=C(CCOc1ccccc1)N[C@@H]1CCCN(c2ncc[nH]c2=O)C1. The summed E-state index contributed by atoms with van der Waals surface area (Å²) in [6.07, 6.45) is 5.19. The van der Waals surface area contributed by atoms with E-state index in [9.17, 15) is 9.59 Å². The Hall–Kier alpha value is -2.83. The fourth-order valence-electron chi connectivity index (χ4n) is 2.93. The number of hydrogen-bond acceptors (Lipinski definition) is 5. The van der Waals surface area contributed by atoms with Crippen LogP contribution < -0.4 is 20.5 Å². The number of carbonyl (C=O) groups excluding carboxylic acids is 1. The lowest BCUT2D eigenvalue weighted by Gasteiger charge is -2.33. The van der Waals surface area contributed by atoms with Gasteiger partial charge in [0.1, 0.15) is 5.75 Å². The van der Waals surface area contributed by atoms with Gasteiger partial charge in [-0.05, 0) is 25.0 Å². The molecule has 1 fully saturated rings. The molecule has 0 saturated carbocycles. The van der Waals surface area contributed by atoms with Gasteiger partial charge >= 0.3 is 0 Å². The standard InChI is InChI=1S/C18H22N4O3/c23-16(8-12-25-15-6-2-1-3-7-15)21-14-5-4-11-22(13-14)17-18(24)20-10-9-19-17/h1-3,6-7,9-10,14H,4-5,8,11-13H2,(H,20,24)(H,21,23)/t14-/m1/s1. The summed E-state index contributed by atoms with van der Waals surface area (Å²) in [5, 5.41) is 3.02. The normalized spacial score (nSPS) is 17.1. The molecule has 2 N–H and O–H groups in total. The fourth-order valence-corrected chi connectivity index (χ4v) is 2.93. The third kappa shape index (κ3) is 4.82. The molecule has 1 aromatic heterocycles. The smallest absolute Gasteiger partial charge is 0.290 e. The highest BCUT2D eigenvalue weighted by Gasteiger charge is 2.23. The number of hydrogen-bond donors (Lipinski definition) is 2. The zero-order chi connectivity index (χ0) is 17.5. The Balaban J connectivity index is 1.46. The van der Waals surface area contributed by atoms with Crippen LogP contribution in [0.1, 0.15) is 19.3 Å². The molecule has 1 atom stereocenters. The number of ether oxygens (including phenoxy) is 1. The van der Waals surface area contributed by atoms with Crippen molar-refractivity contribution in [3.05, 3.63) is 53.1 Å². The lowest BCUT2D eigenvalue weighted by atomic mass is 10.1. The van der Waals surface area contributed by atoms with Gasteiger partial charge in [0.05, 0.1) is 13.0 Å². The van der Waals surface area contributed by atoms with E-state index in [-0.39, 0.29) is 17.5 Å². The van der Waals surface area contributed by atoms with E-state index < -0.39 is 0 Å². The molecule has 1 amide bonds. The molecule has 0 unspecified atom stereocenters. The highest BCUT2D eigenvalue weighted by atomic mass is 16.5. The first-order valence-corrected chi connectivity index (χ1v) is 8.48. The number of nitrogens with zero attached hydrogens (tertiary/aromatic N) is 2. The van der Waals surface area contributed by atoms with Crippen LogP contribution in [0.15, 0.2) is 47.5 Å². The topological polar surface area (TPSA) is 87.3 Å². The molecule has 0 aliphatic carbocycles. The quantitative estimate of drug-likeness (QED) is 0.827. The molecule has 7 nitrogen and oxygen atoms in total. The van der Waals surface area contributed by atoms with E-state index in [1.807, 2.05) is 35.2 Å². The number of piperidine rings is 1. The van der Waals surface area contributed by atoms with Gasteiger partial charge in [0.15, 0.2) is 5.82 Å². The third-order valence-electron chi connectivity index (χ3n) is 4.12. The van der Waals surface area contributed by atoms with Crippen LogP contribution in [0, 0.1) is 0 Å². The molecule has 7 heteroatoms. The van der Waals surface area contributed by atoms with Crippen molar-refractivity contribution in [1.82, 2.24) is 15.3 Å². The predicted octanol–water partition coefficient (Wildman–Crippen LogP) is 1.32. The molecule has 1 aliphatic heterocycles. The van der Waals surface area contributed by atoms with Gasteiger partial charge in [-0.3, -0.25) is 9.59 Å². The summed E-state index contributed by atoms with van der Waals surface area (Å²) in [5.74, 6) is 1.13. The van der Waals surface area contributed by atoms with Crippen LogP contribution in [0.3, 0.4) is 0 Å². The summed E-state index contributed by atoms with van der Waals surface area (Å²) in [6.45, 7) is 1.70. The molecule has 3 rings (SSSR count). The molecular formula is C18H22N4O3. The Morgan fingerprint density at radius 3 is 3.00 bits per heavy atom. The number of carbonyl (C=O) groups is 1. The van der Waals surface area contributed by atoms with E-state index >= 15 is 0 Å². The highest BCUT2D eigenvalue weighted by Crippen LogP contribution is 2.14. The van der Waals surface area contributed by atoms with Crippen molar-refractivity contribution in [3.63, 3.8) is 0 Å². The molecule has 1 aromatic carbocycles. The third-order valence-corrected chi connectivity index (χ3v) is 4.12. The molecule has 0 radical (unpaired) electrons. The van der Waals surface area contributed by atoms with Crippen molar-refractivity contribution in [3.8, 4) is 5.75 Å². The number of amides is 1. The zero-order valence-corrected chi connectivity index (χ0v) is 14.0. The summed E-state index contributed by atoms with van der Waals surface area (Å²) in [7, 11) is 0. The Morgan fingerprint density at radius 1 is 1.36 bits per heavy atom. The van der Waals surface area contributed by atoms with E-state index in [1.165, 1.54) is 6.20 Å². The first kappa shape index (κ1) is 17.0. The molecule has 1 aliphatic rings. The minimum atomic E-state index is -0.203. The van der Waals surface area contributed by atoms with Crippen LogP contribution in [0.5, 0.6) is 5.75 Å². The number of aromatic amines is 1. The van der Waals surface area contributed by atoms with Crippen molar-refractivity contribution in [2.45, 2.75) is 25.3 Å². The highest BCUT2D eigenvalue weighted by molar-refractivity contribution is 5.76. The Kier molecular flexibility index (Phi) is 5.66. The molecule has 0 bridgehead atoms. The molecule has 0 spiro atoms. The summed E-state index contributed by atoms with van der Waals surface area (Å²) in [5.41, 5.74) is -0.203. The Morgan fingerprint density at radius 2 is 2.20 bits per heavy atom. The van der Waals surface area contributed by atoms with Crippen molar-refractivity contribution < 1.29 is 9.53 Å². The van der Waals surface area contributed by atoms with E-state index in [2.05, 4.69) is 15.3 Å². The van der Waals surface area contributed by atoms with E-state index in [1.54, 1.807) is 6.20 Å². The molecule has 2 heterocycles. The maximum Gasteiger partial charge on any atom is 0.290 e. The van der Waals surface area contributed by atoms with E-state index in [4.69, 9.17) is 4.74 Å². The maximum atomic E-state index is 12.1. The first-order chi connectivity index (χ1) is 12.2. The zero-order valence-electron chi connectivity index (χ0n) is 14.0. The number of rotatable bonds is 6. The second kappa shape index (κ2) is 8.32. The van der Waals surface area contributed by atoms with Gasteiger partial charge in [0.2, 0.25) is 5.91 Å². The number of H-pyrrole nitrogens is 1. The molecule has 2 aromatic rings. The van der Waals surface area contributed by atoms with Gasteiger partial charge in [-0.15, -0.1) is 0 Å². The van der Waals surface area contributed by atoms with Crippen molar-refractivity contribution in [2.75, 3.05) is 24.6 Å². The number of para-hydroxylation sites is 1. The van der Waals surface area contributed by atoms with E-state index in [0.29, 0.717) is 25.4 Å². The minimum absolute atomic E-state index is 0.0133. The van der Waals surface area contributed by atoms with Crippen molar-refractivity contribution in [1.29, 1.82) is 0 Å². The predicted molar refractivity (Wildman–Crippen MR) is 94.8 cm³/mol. The summed E-state index contributed by atoms with van der Waals surface area (Å²) >= 11 is 0. The summed E-state index contributed by atoms with van der Waals surface area (Å²) < 4.78 is 5.55. The van der Waals surface area contributed by atoms with Gasteiger partial charge < -0.3 is 19.9 Å². The van der Waals surface area contributed by atoms with E-state index in [0.717, 1.165) is 25.1 Å². The van der Waals surface area contributed by atoms with Gasteiger partial charge in [0, 0.05) is 31.5 Å². The number of benzene rings is 1. The number of nitrogens with one attached hydrogen (secondary N) is 2. The van der Waals surface area contributed by atoms with Gasteiger partial charge in [-0.2, -0.15) is 0 Å². The Labute approximate surface area is 146 Å². The van der Waals surface area contributed by atoms with Crippen LogP contribution >= 0.6 is 0 Å². The Bertz CT molecular complexity index is 747. The van der Waals surface area contributed by atoms with Gasteiger partial charge in [-0.25, -0.2) is 4.98 Å². The maximum absolute atomic E-state index is 12.1. The average Bonchev–Trinajstić information content (AvgIpc) is 2.63. The molecule has 25 heavy (non-hydrogen) atoms. The summed E-state index contributed by atoms with van der Waals surface area (Å²) in [6, 6.07) is 9.44. The van der Waals surface area contributed by atoms with Crippen molar-refractivity contribution in [2.24, 2.45) is 0 Å². The van der Waals surface area contributed by atoms with Gasteiger partial charge in [0.25, 0.3) is 5.56 Å². The number of anilines is 1. The number of aromatic nitrogens is 2. The minimum Gasteiger partial charge on any atom is -0.493 e. The van der Waals surface area contributed by atoms with Crippen molar-refractivity contribution >= 4 is 11.7 Å².